The highest BCUT2D eigenvalue weighted by Gasteiger charge is 2.30. The van der Waals surface area contributed by atoms with E-state index in [2.05, 4.69) is 17.2 Å². The Hall–Kier alpha value is -1.35. The van der Waals surface area contributed by atoms with Crippen molar-refractivity contribution >= 4 is 17.2 Å². The number of carbonyl (C=O) groups excluding carboxylic acids is 1. The van der Waals surface area contributed by atoms with Crippen LogP contribution in [0.3, 0.4) is 0 Å². The van der Waals surface area contributed by atoms with Crippen molar-refractivity contribution < 1.29 is 9.53 Å². The largest absolute Gasteiger partial charge is 0.379 e. The van der Waals surface area contributed by atoms with Crippen LogP contribution in [0.15, 0.2) is 6.07 Å². The lowest BCUT2D eigenvalue weighted by atomic mass is 9.95. The normalized spacial score (nSPS) is 21.9. The smallest absolute Gasteiger partial charge is 0.261 e. The van der Waals surface area contributed by atoms with Crippen LogP contribution >= 0.6 is 11.3 Å². The lowest BCUT2D eigenvalue weighted by Crippen LogP contribution is -2.51. The Morgan fingerprint density at radius 1 is 1.65 bits per heavy atom. The number of thiophene rings is 1. The van der Waals surface area contributed by atoms with Crippen LogP contribution in [-0.4, -0.2) is 31.2 Å². The zero-order valence-electron chi connectivity index (χ0n) is 11.9. The minimum absolute atomic E-state index is 0.0492. The number of nitrogens with two attached hydrogens (primary N) is 1. The number of ether oxygens (including phenoxy) is 1. The molecular formula is C15H20N2O2S. The summed E-state index contributed by atoms with van der Waals surface area (Å²) >= 11 is 1.41. The maximum absolute atomic E-state index is 12.3. The molecule has 0 radical (unpaired) electrons. The predicted molar refractivity (Wildman–Crippen MR) is 80.9 cm³/mol. The number of aryl methyl sites for hydroxylation is 1. The second-order valence-corrected chi connectivity index (χ2v) is 6.35. The van der Waals surface area contributed by atoms with Gasteiger partial charge in [0.25, 0.3) is 5.91 Å². The molecule has 0 aliphatic carbocycles. The number of hydrogen-bond acceptors (Lipinski definition) is 4. The topological polar surface area (TPSA) is 64.3 Å². The molecule has 0 bridgehead atoms. The standard InChI is InChI=1S/C15H20N2O2S/c1-11-9-13(20-12(11)5-3-7-16)14(18)17-15(2)6-4-8-19-10-15/h9H,4,6-8,10,16H2,1-2H3,(H,17,18). The molecule has 4 nitrogen and oxygen atoms in total. The molecule has 20 heavy (non-hydrogen) atoms. The summed E-state index contributed by atoms with van der Waals surface area (Å²) in [5, 5.41) is 3.08. The van der Waals surface area contributed by atoms with Crippen LogP contribution in [-0.2, 0) is 4.74 Å². The monoisotopic (exact) mass is 292 g/mol. The third-order valence-corrected chi connectivity index (χ3v) is 4.45. The molecule has 1 aliphatic heterocycles. The molecule has 1 amide bonds. The molecule has 2 rings (SSSR count). The first-order valence-corrected chi connectivity index (χ1v) is 7.55. The van der Waals surface area contributed by atoms with Gasteiger partial charge in [-0.3, -0.25) is 4.79 Å². The Morgan fingerprint density at radius 2 is 2.45 bits per heavy atom. The maximum Gasteiger partial charge on any atom is 0.261 e. The summed E-state index contributed by atoms with van der Waals surface area (Å²) in [4.78, 5) is 13.9. The Kier molecular flexibility index (Phi) is 4.81. The fourth-order valence-electron chi connectivity index (χ4n) is 2.22. The van der Waals surface area contributed by atoms with Gasteiger partial charge in [0.2, 0.25) is 0 Å². The van der Waals surface area contributed by atoms with Gasteiger partial charge in [0.15, 0.2) is 0 Å². The van der Waals surface area contributed by atoms with Crippen LogP contribution in [0.5, 0.6) is 0 Å². The Balaban J connectivity index is 2.09. The summed E-state index contributed by atoms with van der Waals surface area (Å²) in [6.07, 6.45) is 1.93. The van der Waals surface area contributed by atoms with E-state index in [-0.39, 0.29) is 11.4 Å². The summed E-state index contributed by atoms with van der Waals surface area (Å²) in [7, 11) is 0. The highest BCUT2D eigenvalue weighted by Crippen LogP contribution is 2.23. The molecule has 5 heteroatoms. The van der Waals surface area contributed by atoms with Crippen molar-refractivity contribution in [2.24, 2.45) is 5.73 Å². The molecule has 1 atom stereocenters. The highest BCUT2D eigenvalue weighted by molar-refractivity contribution is 7.14. The van der Waals surface area contributed by atoms with Crippen LogP contribution in [0.4, 0.5) is 0 Å². The summed E-state index contributed by atoms with van der Waals surface area (Å²) in [5.41, 5.74) is 6.12. The van der Waals surface area contributed by atoms with Gasteiger partial charge in [-0.15, -0.1) is 11.3 Å². The first-order chi connectivity index (χ1) is 9.54. The van der Waals surface area contributed by atoms with Crippen molar-refractivity contribution in [3.8, 4) is 11.8 Å². The van der Waals surface area contributed by atoms with Gasteiger partial charge in [-0.05, 0) is 38.3 Å². The molecule has 1 aromatic rings. The number of nitrogens with one attached hydrogen (secondary N) is 1. The van der Waals surface area contributed by atoms with Crippen LogP contribution in [0.2, 0.25) is 0 Å². The predicted octanol–water partition coefficient (Wildman–Crippen LogP) is 1.67. The fraction of sp³-hybridized carbons (Fsp3) is 0.533. The zero-order chi connectivity index (χ0) is 14.6. The maximum atomic E-state index is 12.3. The molecule has 0 aromatic carbocycles. The van der Waals surface area contributed by atoms with E-state index in [0.717, 1.165) is 29.9 Å². The molecule has 1 fully saturated rings. The van der Waals surface area contributed by atoms with Crippen molar-refractivity contribution in [1.82, 2.24) is 5.32 Å². The Morgan fingerprint density at radius 3 is 3.10 bits per heavy atom. The molecule has 108 valence electrons. The average Bonchev–Trinajstić information content (AvgIpc) is 2.78. The van der Waals surface area contributed by atoms with E-state index in [1.165, 1.54) is 11.3 Å². The SMILES string of the molecule is Cc1cc(C(=O)NC2(C)CCCOC2)sc1C#CCN. The van der Waals surface area contributed by atoms with Gasteiger partial charge in [0, 0.05) is 6.61 Å². The summed E-state index contributed by atoms with van der Waals surface area (Å²) < 4.78 is 5.46. The molecule has 1 aliphatic rings. The van der Waals surface area contributed by atoms with Crippen molar-refractivity contribution in [2.45, 2.75) is 32.2 Å². The molecule has 1 aromatic heterocycles. The summed E-state index contributed by atoms with van der Waals surface area (Å²) in [6.45, 7) is 5.67. The van der Waals surface area contributed by atoms with Crippen molar-refractivity contribution in [2.75, 3.05) is 19.8 Å². The van der Waals surface area contributed by atoms with E-state index in [9.17, 15) is 4.79 Å². The number of rotatable bonds is 2. The second-order valence-electron chi connectivity index (χ2n) is 5.30. The first-order valence-electron chi connectivity index (χ1n) is 6.74. The average molecular weight is 292 g/mol. The van der Waals surface area contributed by atoms with Crippen molar-refractivity contribution in [3.05, 3.63) is 21.4 Å². The molecule has 2 heterocycles. The van der Waals surface area contributed by atoms with Crippen molar-refractivity contribution in [1.29, 1.82) is 0 Å². The van der Waals surface area contributed by atoms with Gasteiger partial charge in [-0.2, -0.15) is 0 Å². The Labute approximate surface area is 123 Å². The fourth-order valence-corrected chi connectivity index (χ4v) is 3.16. The lowest BCUT2D eigenvalue weighted by Gasteiger charge is -2.34. The van der Waals surface area contributed by atoms with Gasteiger partial charge in [-0.25, -0.2) is 0 Å². The quantitative estimate of drug-likeness (QED) is 0.815. The van der Waals surface area contributed by atoms with Gasteiger partial charge in [0.1, 0.15) is 0 Å². The molecule has 3 N–H and O–H groups in total. The summed E-state index contributed by atoms with van der Waals surface area (Å²) in [6, 6.07) is 1.88. The van der Waals surface area contributed by atoms with E-state index >= 15 is 0 Å². The zero-order valence-corrected chi connectivity index (χ0v) is 12.7. The second kappa shape index (κ2) is 6.40. The van der Waals surface area contributed by atoms with Gasteiger partial charge < -0.3 is 15.8 Å². The van der Waals surface area contributed by atoms with Crippen molar-refractivity contribution in [3.63, 3.8) is 0 Å². The van der Waals surface area contributed by atoms with Crippen LogP contribution in [0.1, 0.15) is 39.9 Å². The van der Waals surface area contributed by atoms with E-state index in [1.54, 1.807) is 0 Å². The third kappa shape index (κ3) is 3.60. The van der Waals surface area contributed by atoms with Crippen LogP contribution in [0, 0.1) is 18.8 Å². The number of hydrogen-bond donors (Lipinski definition) is 2. The molecule has 1 unspecified atom stereocenters. The highest BCUT2D eigenvalue weighted by atomic mass is 32.1. The molecule has 1 saturated heterocycles. The van der Waals surface area contributed by atoms with E-state index in [0.29, 0.717) is 18.0 Å². The molecular weight excluding hydrogens is 272 g/mol. The Bertz CT molecular complexity index is 548. The van der Waals surface area contributed by atoms with Gasteiger partial charge in [-0.1, -0.05) is 11.8 Å². The lowest BCUT2D eigenvalue weighted by molar-refractivity contribution is 0.0274. The number of carbonyl (C=O) groups is 1. The van der Waals surface area contributed by atoms with Gasteiger partial charge >= 0.3 is 0 Å². The van der Waals surface area contributed by atoms with E-state index in [1.807, 2.05) is 19.9 Å². The van der Waals surface area contributed by atoms with E-state index in [4.69, 9.17) is 10.5 Å². The van der Waals surface area contributed by atoms with Crippen LogP contribution in [0.25, 0.3) is 0 Å². The van der Waals surface area contributed by atoms with Crippen LogP contribution < -0.4 is 11.1 Å². The minimum Gasteiger partial charge on any atom is -0.379 e. The first kappa shape index (κ1) is 15.0. The summed E-state index contributed by atoms with van der Waals surface area (Å²) in [5.74, 6) is 5.77. The van der Waals surface area contributed by atoms with E-state index < -0.39 is 0 Å². The molecule has 0 spiro atoms. The molecule has 0 saturated carbocycles. The minimum atomic E-state index is -0.268. The van der Waals surface area contributed by atoms with Gasteiger partial charge in [0.05, 0.1) is 28.4 Å². The number of amides is 1. The third-order valence-electron chi connectivity index (χ3n) is 3.30.